The van der Waals surface area contributed by atoms with Gasteiger partial charge in [-0.1, -0.05) is 13.8 Å². The van der Waals surface area contributed by atoms with Crippen LogP contribution in [0.15, 0.2) is 18.3 Å². The van der Waals surface area contributed by atoms with Crippen molar-refractivity contribution in [3.63, 3.8) is 0 Å². The Morgan fingerprint density at radius 1 is 1.44 bits per heavy atom. The summed E-state index contributed by atoms with van der Waals surface area (Å²) in [7, 11) is 4.06. The summed E-state index contributed by atoms with van der Waals surface area (Å²) < 4.78 is 13.3. The summed E-state index contributed by atoms with van der Waals surface area (Å²) in [6, 6.07) is 3.00. The van der Waals surface area contributed by atoms with Gasteiger partial charge in [0, 0.05) is 19.3 Å². The third kappa shape index (κ3) is 4.14. The molecule has 1 rings (SSSR count). The van der Waals surface area contributed by atoms with E-state index in [0.717, 1.165) is 6.54 Å². The molecule has 0 spiro atoms. The number of pyridine rings is 1. The summed E-state index contributed by atoms with van der Waals surface area (Å²) in [5, 5.41) is 3.05. The summed E-state index contributed by atoms with van der Waals surface area (Å²) >= 11 is 0. The van der Waals surface area contributed by atoms with Crippen molar-refractivity contribution in [2.24, 2.45) is 5.41 Å². The first-order chi connectivity index (χ1) is 7.41. The number of nitrogens with one attached hydrogen (secondary N) is 1. The Labute approximate surface area is 96.7 Å². The van der Waals surface area contributed by atoms with E-state index in [4.69, 9.17) is 0 Å². The van der Waals surface area contributed by atoms with Crippen molar-refractivity contribution in [2.75, 3.05) is 32.5 Å². The topological polar surface area (TPSA) is 28.2 Å². The molecular formula is C12H20FN3. The molecule has 16 heavy (non-hydrogen) atoms. The second-order valence-electron chi connectivity index (χ2n) is 5.09. The van der Waals surface area contributed by atoms with Gasteiger partial charge in [0.25, 0.3) is 0 Å². The van der Waals surface area contributed by atoms with Gasteiger partial charge in [-0.2, -0.15) is 0 Å². The Morgan fingerprint density at radius 3 is 2.69 bits per heavy atom. The van der Waals surface area contributed by atoms with Crippen LogP contribution in [0.3, 0.4) is 0 Å². The number of aromatic nitrogens is 1. The van der Waals surface area contributed by atoms with E-state index in [0.29, 0.717) is 12.4 Å². The van der Waals surface area contributed by atoms with E-state index < -0.39 is 0 Å². The molecule has 4 heteroatoms. The molecule has 0 aliphatic heterocycles. The van der Waals surface area contributed by atoms with Gasteiger partial charge in [0.05, 0.1) is 0 Å². The van der Waals surface area contributed by atoms with Gasteiger partial charge in [-0.15, -0.1) is 0 Å². The van der Waals surface area contributed by atoms with E-state index in [-0.39, 0.29) is 11.2 Å². The third-order valence-electron chi connectivity index (χ3n) is 2.24. The average molecular weight is 225 g/mol. The lowest BCUT2D eigenvalue weighted by molar-refractivity contribution is 0.254. The number of anilines is 1. The minimum absolute atomic E-state index is 0.0768. The second-order valence-corrected chi connectivity index (χ2v) is 5.09. The largest absolute Gasteiger partial charge is 0.367 e. The Balaban J connectivity index is 2.54. The number of rotatable bonds is 5. The lowest BCUT2D eigenvalue weighted by atomic mass is 9.93. The molecule has 1 heterocycles. The highest BCUT2D eigenvalue weighted by Gasteiger charge is 2.19. The van der Waals surface area contributed by atoms with Crippen LogP contribution in [-0.2, 0) is 0 Å². The molecule has 0 amide bonds. The van der Waals surface area contributed by atoms with Crippen LogP contribution < -0.4 is 5.32 Å². The molecule has 0 fully saturated rings. The van der Waals surface area contributed by atoms with Gasteiger partial charge in [-0.25, -0.2) is 9.37 Å². The van der Waals surface area contributed by atoms with E-state index in [1.807, 2.05) is 14.1 Å². The fraction of sp³-hybridized carbons (Fsp3) is 0.583. The van der Waals surface area contributed by atoms with Gasteiger partial charge < -0.3 is 10.2 Å². The highest BCUT2D eigenvalue weighted by molar-refractivity contribution is 5.35. The summed E-state index contributed by atoms with van der Waals surface area (Å²) in [5.41, 5.74) is 0.0768. The summed E-state index contributed by atoms with van der Waals surface area (Å²) in [6.07, 6.45) is 1.59. The molecular weight excluding hydrogens is 205 g/mol. The zero-order valence-corrected chi connectivity index (χ0v) is 10.4. The molecule has 1 N–H and O–H groups in total. The van der Waals surface area contributed by atoms with Crippen LogP contribution in [0.4, 0.5) is 10.2 Å². The fourth-order valence-electron chi connectivity index (χ4n) is 1.75. The van der Waals surface area contributed by atoms with Crippen LogP contribution in [0.2, 0.25) is 0 Å². The molecule has 1 aromatic heterocycles. The van der Waals surface area contributed by atoms with E-state index in [2.05, 4.69) is 29.0 Å². The smallest absolute Gasteiger partial charge is 0.165 e. The van der Waals surface area contributed by atoms with Crippen molar-refractivity contribution < 1.29 is 4.39 Å². The van der Waals surface area contributed by atoms with Crippen molar-refractivity contribution in [2.45, 2.75) is 13.8 Å². The maximum Gasteiger partial charge on any atom is 0.165 e. The van der Waals surface area contributed by atoms with Gasteiger partial charge in [0.2, 0.25) is 0 Å². The molecule has 0 aliphatic carbocycles. The third-order valence-corrected chi connectivity index (χ3v) is 2.24. The predicted octanol–water partition coefficient (Wildman–Crippen LogP) is 2.22. The highest BCUT2D eigenvalue weighted by atomic mass is 19.1. The van der Waals surface area contributed by atoms with Crippen molar-refractivity contribution >= 4 is 5.82 Å². The van der Waals surface area contributed by atoms with Crippen molar-refractivity contribution in [1.29, 1.82) is 0 Å². The van der Waals surface area contributed by atoms with Crippen LogP contribution in [-0.4, -0.2) is 37.1 Å². The molecule has 90 valence electrons. The molecule has 0 aromatic carbocycles. The molecule has 0 saturated carbocycles. The van der Waals surface area contributed by atoms with Gasteiger partial charge >= 0.3 is 0 Å². The predicted molar refractivity (Wildman–Crippen MR) is 65.0 cm³/mol. The normalized spacial score (nSPS) is 11.9. The molecule has 0 aliphatic rings. The van der Waals surface area contributed by atoms with E-state index in [1.165, 1.54) is 6.07 Å². The van der Waals surface area contributed by atoms with Crippen LogP contribution in [0.5, 0.6) is 0 Å². The van der Waals surface area contributed by atoms with Crippen molar-refractivity contribution in [3.05, 3.63) is 24.1 Å². The SMILES string of the molecule is CN(C)CC(C)(C)CNc1ncccc1F. The summed E-state index contributed by atoms with van der Waals surface area (Å²) in [4.78, 5) is 6.08. The number of hydrogen-bond donors (Lipinski definition) is 1. The maximum absolute atomic E-state index is 13.3. The molecule has 0 radical (unpaired) electrons. The van der Waals surface area contributed by atoms with Crippen LogP contribution in [0.1, 0.15) is 13.8 Å². The Bertz CT molecular complexity index is 337. The van der Waals surface area contributed by atoms with E-state index in [1.54, 1.807) is 12.3 Å². The molecule has 3 nitrogen and oxygen atoms in total. The Kier molecular flexibility index (Phi) is 4.24. The number of halogens is 1. The number of hydrogen-bond acceptors (Lipinski definition) is 3. The van der Waals surface area contributed by atoms with Gasteiger partial charge in [-0.3, -0.25) is 0 Å². The first-order valence-corrected chi connectivity index (χ1v) is 5.40. The lowest BCUT2D eigenvalue weighted by Crippen LogP contribution is -2.34. The van der Waals surface area contributed by atoms with Crippen LogP contribution in [0, 0.1) is 11.2 Å². The van der Waals surface area contributed by atoms with E-state index >= 15 is 0 Å². The molecule has 0 unspecified atom stereocenters. The standard InChI is InChI=1S/C12H20FN3/c1-12(2,9-16(3)4)8-15-11-10(13)6-5-7-14-11/h5-7H,8-9H2,1-4H3,(H,14,15). The minimum atomic E-state index is -0.303. The summed E-state index contributed by atoms with van der Waals surface area (Å²) in [5.74, 6) is 0.0254. The molecule has 0 bridgehead atoms. The molecule has 1 aromatic rings. The highest BCUT2D eigenvalue weighted by Crippen LogP contribution is 2.17. The first kappa shape index (κ1) is 12.9. The first-order valence-electron chi connectivity index (χ1n) is 5.40. The second kappa shape index (κ2) is 5.25. The monoisotopic (exact) mass is 225 g/mol. The van der Waals surface area contributed by atoms with Gasteiger partial charge in [0.1, 0.15) is 0 Å². The fourth-order valence-corrected chi connectivity index (χ4v) is 1.75. The number of nitrogens with zero attached hydrogens (tertiary/aromatic N) is 2. The molecule has 0 atom stereocenters. The van der Waals surface area contributed by atoms with E-state index in [9.17, 15) is 4.39 Å². The average Bonchev–Trinajstić information content (AvgIpc) is 2.14. The Hall–Kier alpha value is -1.16. The quantitative estimate of drug-likeness (QED) is 0.833. The van der Waals surface area contributed by atoms with Crippen molar-refractivity contribution in [1.82, 2.24) is 9.88 Å². The van der Waals surface area contributed by atoms with Crippen LogP contribution in [0.25, 0.3) is 0 Å². The van der Waals surface area contributed by atoms with Crippen LogP contribution >= 0.6 is 0 Å². The zero-order chi connectivity index (χ0) is 12.2. The Morgan fingerprint density at radius 2 is 2.12 bits per heavy atom. The van der Waals surface area contributed by atoms with Crippen molar-refractivity contribution in [3.8, 4) is 0 Å². The lowest BCUT2D eigenvalue weighted by Gasteiger charge is -2.28. The maximum atomic E-state index is 13.3. The zero-order valence-electron chi connectivity index (χ0n) is 10.4. The van der Waals surface area contributed by atoms with Gasteiger partial charge in [0.15, 0.2) is 11.6 Å². The minimum Gasteiger partial charge on any atom is -0.367 e. The summed E-state index contributed by atoms with van der Waals surface area (Å²) in [6.45, 7) is 5.91. The molecule has 0 saturated heterocycles. The van der Waals surface area contributed by atoms with Gasteiger partial charge in [-0.05, 0) is 31.6 Å².